The Morgan fingerprint density at radius 3 is 3.11 bits per heavy atom. The molecule has 0 amide bonds. The molecule has 0 aromatic carbocycles. The van der Waals surface area contributed by atoms with E-state index in [1.807, 2.05) is 0 Å². The minimum absolute atomic E-state index is 0.135. The lowest BCUT2D eigenvalue weighted by Crippen LogP contribution is -2.40. The van der Waals surface area contributed by atoms with Crippen LogP contribution in [-0.2, 0) is 0 Å². The Kier molecular flexibility index (Phi) is 4.19. The molecule has 1 aromatic rings. The van der Waals surface area contributed by atoms with Gasteiger partial charge in [0.2, 0.25) is 5.75 Å². The number of piperidine rings is 1. The normalized spacial score (nSPS) is 20.7. The van der Waals surface area contributed by atoms with Crippen LogP contribution in [0.1, 0.15) is 19.3 Å². The van der Waals surface area contributed by atoms with Crippen molar-refractivity contribution in [3.8, 4) is 11.6 Å². The minimum atomic E-state index is -0.320. The van der Waals surface area contributed by atoms with Crippen molar-refractivity contribution in [2.24, 2.45) is 0 Å². The van der Waals surface area contributed by atoms with Crippen LogP contribution < -0.4 is 15.0 Å². The average molecular weight is 253 g/mol. The van der Waals surface area contributed by atoms with Gasteiger partial charge in [-0.15, -0.1) is 0 Å². The first kappa shape index (κ1) is 12.9. The summed E-state index contributed by atoms with van der Waals surface area (Å²) >= 11 is 0. The second kappa shape index (κ2) is 5.86. The molecular weight excluding hydrogens is 234 g/mol. The number of methoxy groups -OCH3 is 1. The number of nitrogens with one attached hydrogen (secondary N) is 1. The predicted octanol–water partition coefficient (Wildman–Crippen LogP) is 0.642. The summed E-state index contributed by atoms with van der Waals surface area (Å²) in [5.41, 5.74) is -0.320. The Morgan fingerprint density at radius 1 is 1.56 bits per heavy atom. The zero-order valence-electron chi connectivity index (χ0n) is 10.8. The number of hydrogen-bond acceptors (Lipinski definition) is 5. The maximum absolute atomic E-state index is 11.5. The summed E-state index contributed by atoms with van der Waals surface area (Å²) in [5.74, 6) is 0.399. The highest BCUT2D eigenvalue weighted by molar-refractivity contribution is 5.29. The van der Waals surface area contributed by atoms with Gasteiger partial charge < -0.3 is 19.4 Å². The Balaban J connectivity index is 2.01. The van der Waals surface area contributed by atoms with Crippen LogP contribution in [0.4, 0.5) is 0 Å². The topological polar surface area (TPSA) is 67.5 Å². The molecule has 0 aliphatic carbocycles. The number of rotatable bonds is 4. The van der Waals surface area contributed by atoms with E-state index in [9.17, 15) is 4.79 Å². The van der Waals surface area contributed by atoms with Gasteiger partial charge in [0.15, 0.2) is 0 Å². The number of aromatic amines is 1. The highest BCUT2D eigenvalue weighted by Crippen LogP contribution is 2.20. The largest absolute Gasteiger partial charge is 0.487 e. The molecule has 0 radical (unpaired) electrons. The van der Waals surface area contributed by atoms with Crippen molar-refractivity contribution in [1.29, 1.82) is 0 Å². The second-order valence-electron chi connectivity index (χ2n) is 4.51. The molecule has 100 valence electrons. The Bertz CT molecular complexity index is 446. The van der Waals surface area contributed by atoms with Crippen molar-refractivity contribution in [2.45, 2.75) is 25.3 Å². The van der Waals surface area contributed by atoms with Gasteiger partial charge in [-0.05, 0) is 26.4 Å². The van der Waals surface area contributed by atoms with Crippen LogP contribution in [0.5, 0.6) is 11.6 Å². The zero-order valence-corrected chi connectivity index (χ0v) is 10.8. The van der Waals surface area contributed by atoms with E-state index in [0.29, 0.717) is 12.6 Å². The van der Waals surface area contributed by atoms with Gasteiger partial charge in [-0.3, -0.25) is 4.79 Å². The third kappa shape index (κ3) is 2.81. The van der Waals surface area contributed by atoms with Crippen molar-refractivity contribution in [1.82, 2.24) is 14.9 Å². The lowest BCUT2D eigenvalue weighted by molar-refractivity contribution is 0.120. The molecule has 1 aliphatic rings. The predicted molar refractivity (Wildman–Crippen MR) is 67.2 cm³/mol. The van der Waals surface area contributed by atoms with E-state index in [4.69, 9.17) is 9.47 Å². The van der Waals surface area contributed by atoms with Crippen LogP contribution in [0.2, 0.25) is 0 Å². The molecule has 6 nitrogen and oxygen atoms in total. The number of ether oxygens (including phenoxy) is 2. The summed E-state index contributed by atoms with van der Waals surface area (Å²) in [7, 11) is 3.53. The molecule has 2 heterocycles. The van der Waals surface area contributed by atoms with Crippen molar-refractivity contribution in [3.05, 3.63) is 16.7 Å². The van der Waals surface area contributed by atoms with Gasteiger partial charge in [-0.25, -0.2) is 4.98 Å². The average Bonchev–Trinajstić information content (AvgIpc) is 2.38. The van der Waals surface area contributed by atoms with E-state index >= 15 is 0 Å². The highest BCUT2D eigenvalue weighted by atomic mass is 16.5. The first-order valence-corrected chi connectivity index (χ1v) is 6.17. The van der Waals surface area contributed by atoms with Gasteiger partial charge in [0.25, 0.3) is 11.4 Å². The van der Waals surface area contributed by atoms with Crippen LogP contribution in [0.25, 0.3) is 0 Å². The van der Waals surface area contributed by atoms with Gasteiger partial charge in [-0.2, -0.15) is 0 Å². The van der Waals surface area contributed by atoms with Crippen molar-refractivity contribution in [2.75, 3.05) is 27.3 Å². The highest BCUT2D eigenvalue weighted by Gasteiger charge is 2.20. The Morgan fingerprint density at radius 2 is 2.39 bits per heavy atom. The van der Waals surface area contributed by atoms with Gasteiger partial charge in [0, 0.05) is 6.04 Å². The number of likely N-dealkylation sites (tertiary alicyclic amines) is 1. The molecule has 1 N–H and O–H groups in total. The van der Waals surface area contributed by atoms with Crippen molar-refractivity contribution >= 4 is 0 Å². The smallest absolute Gasteiger partial charge is 0.297 e. The fourth-order valence-electron chi connectivity index (χ4n) is 2.18. The molecule has 1 aromatic heterocycles. The van der Waals surface area contributed by atoms with Crippen LogP contribution in [0.15, 0.2) is 11.1 Å². The molecule has 18 heavy (non-hydrogen) atoms. The molecule has 1 atom stereocenters. The van der Waals surface area contributed by atoms with Gasteiger partial charge >= 0.3 is 0 Å². The van der Waals surface area contributed by atoms with Gasteiger partial charge in [-0.1, -0.05) is 6.42 Å². The summed E-state index contributed by atoms with van der Waals surface area (Å²) in [4.78, 5) is 20.2. The molecule has 0 bridgehead atoms. The quantitative estimate of drug-likeness (QED) is 0.853. The SMILES string of the molecule is COc1c(OCC2CCCCN2C)nc[nH]c1=O. The minimum Gasteiger partial charge on any atom is -0.487 e. The van der Waals surface area contributed by atoms with E-state index in [0.717, 1.165) is 13.0 Å². The molecular formula is C12H19N3O3. The molecule has 0 saturated carbocycles. The second-order valence-corrected chi connectivity index (χ2v) is 4.51. The van der Waals surface area contributed by atoms with Crippen LogP contribution >= 0.6 is 0 Å². The van der Waals surface area contributed by atoms with Crippen LogP contribution in [-0.4, -0.2) is 48.2 Å². The third-order valence-corrected chi connectivity index (χ3v) is 3.32. The monoisotopic (exact) mass is 253 g/mol. The molecule has 1 unspecified atom stereocenters. The zero-order chi connectivity index (χ0) is 13.0. The molecule has 1 fully saturated rings. The summed E-state index contributed by atoms with van der Waals surface area (Å²) in [6.45, 7) is 1.62. The summed E-state index contributed by atoms with van der Waals surface area (Å²) in [5, 5.41) is 0. The van der Waals surface area contributed by atoms with E-state index in [1.165, 1.54) is 26.3 Å². The maximum atomic E-state index is 11.5. The van der Waals surface area contributed by atoms with Crippen LogP contribution in [0.3, 0.4) is 0 Å². The number of likely N-dealkylation sites (N-methyl/N-ethyl adjacent to an activating group) is 1. The fourth-order valence-corrected chi connectivity index (χ4v) is 2.18. The molecule has 1 aliphatic heterocycles. The van der Waals surface area contributed by atoms with Gasteiger partial charge in [0.05, 0.1) is 13.4 Å². The molecule has 0 spiro atoms. The van der Waals surface area contributed by atoms with Gasteiger partial charge in [0.1, 0.15) is 6.61 Å². The van der Waals surface area contributed by atoms with Crippen LogP contribution in [0, 0.1) is 0 Å². The number of nitrogens with zero attached hydrogens (tertiary/aromatic N) is 2. The Labute approximate surface area is 106 Å². The van der Waals surface area contributed by atoms with E-state index < -0.39 is 0 Å². The van der Waals surface area contributed by atoms with E-state index in [-0.39, 0.29) is 17.2 Å². The fraction of sp³-hybridized carbons (Fsp3) is 0.667. The Hall–Kier alpha value is -1.56. The molecule has 2 rings (SSSR count). The lowest BCUT2D eigenvalue weighted by Gasteiger charge is -2.31. The number of H-pyrrole nitrogens is 1. The third-order valence-electron chi connectivity index (χ3n) is 3.32. The summed E-state index contributed by atoms with van der Waals surface area (Å²) < 4.78 is 10.6. The van der Waals surface area contributed by atoms with E-state index in [2.05, 4.69) is 21.9 Å². The standard InChI is InChI=1S/C12H19N3O3/c1-15-6-4-3-5-9(15)7-18-12-10(17-2)11(16)13-8-14-12/h8-9H,3-7H2,1-2H3,(H,13,14,16). The molecule has 1 saturated heterocycles. The number of hydrogen-bond donors (Lipinski definition) is 1. The van der Waals surface area contributed by atoms with Crippen molar-refractivity contribution < 1.29 is 9.47 Å². The lowest BCUT2D eigenvalue weighted by atomic mass is 10.0. The van der Waals surface area contributed by atoms with E-state index in [1.54, 1.807) is 0 Å². The first-order valence-electron chi connectivity index (χ1n) is 6.17. The van der Waals surface area contributed by atoms with Crippen molar-refractivity contribution in [3.63, 3.8) is 0 Å². The summed E-state index contributed by atoms with van der Waals surface area (Å²) in [6, 6.07) is 0.379. The summed E-state index contributed by atoms with van der Waals surface area (Å²) in [6.07, 6.45) is 4.89. The maximum Gasteiger partial charge on any atom is 0.297 e. The first-order chi connectivity index (χ1) is 8.72. The number of aromatic nitrogens is 2. The molecule has 6 heteroatoms.